The van der Waals surface area contributed by atoms with Gasteiger partial charge in [-0.25, -0.2) is 4.90 Å². The minimum absolute atomic E-state index is 0.0561. The number of carboxylic acid groups (broad SMARTS) is 1. The number of likely N-dealkylation sites (tertiary alicyclic amines) is 1. The van der Waals surface area contributed by atoms with Gasteiger partial charge < -0.3 is 9.84 Å². The first kappa shape index (κ1) is 24.2. The molecular weight excluding hydrogens is 455 g/mol. The molecule has 0 aromatic heterocycles. The van der Waals surface area contributed by atoms with Crippen molar-refractivity contribution in [1.82, 2.24) is 4.90 Å². The van der Waals surface area contributed by atoms with Gasteiger partial charge in [0.2, 0.25) is 11.8 Å². The Balaban J connectivity index is 1.61. The number of fused-ring (bicyclic) bond motifs is 5. The first-order valence-electron chi connectivity index (χ1n) is 10.9. The first-order valence-corrected chi connectivity index (χ1v) is 10.9. The number of amides is 2. The average Bonchev–Trinajstić information content (AvgIpc) is 3.10. The van der Waals surface area contributed by atoms with Crippen molar-refractivity contribution in [3.8, 4) is 6.07 Å². The van der Waals surface area contributed by atoms with Crippen LogP contribution in [0, 0.1) is 23.2 Å². The van der Waals surface area contributed by atoms with Gasteiger partial charge in [-0.15, -0.1) is 0 Å². The van der Waals surface area contributed by atoms with E-state index in [1.54, 1.807) is 13.8 Å². The highest BCUT2D eigenvalue weighted by Crippen LogP contribution is 2.55. The molecule has 2 amide bonds. The van der Waals surface area contributed by atoms with Gasteiger partial charge in [0.1, 0.15) is 0 Å². The number of anilines is 1. The molecule has 182 valence electrons. The Labute approximate surface area is 193 Å². The zero-order valence-electron chi connectivity index (χ0n) is 18.7. The van der Waals surface area contributed by atoms with Crippen molar-refractivity contribution in [3.05, 3.63) is 29.3 Å². The second-order valence-electron chi connectivity index (χ2n) is 9.60. The number of morpholine rings is 1. The number of nitriles is 1. The van der Waals surface area contributed by atoms with Crippen LogP contribution in [0.3, 0.4) is 0 Å². The van der Waals surface area contributed by atoms with E-state index in [1.165, 1.54) is 12.1 Å². The number of benzene rings is 1. The van der Waals surface area contributed by atoms with Crippen molar-refractivity contribution in [1.29, 1.82) is 5.26 Å². The van der Waals surface area contributed by atoms with Gasteiger partial charge >= 0.3 is 12.1 Å². The fourth-order valence-electron chi connectivity index (χ4n) is 5.79. The van der Waals surface area contributed by atoms with E-state index >= 15 is 0 Å². The summed E-state index contributed by atoms with van der Waals surface area (Å²) in [5, 5.41) is 17.8. The molecule has 4 rings (SSSR count). The van der Waals surface area contributed by atoms with Crippen LogP contribution in [0.25, 0.3) is 0 Å². The molecule has 1 aromatic carbocycles. The molecule has 1 N–H and O–H groups in total. The van der Waals surface area contributed by atoms with Gasteiger partial charge in [-0.05, 0) is 51.4 Å². The third kappa shape index (κ3) is 3.84. The summed E-state index contributed by atoms with van der Waals surface area (Å²) >= 11 is 0. The van der Waals surface area contributed by atoms with Gasteiger partial charge in [-0.2, -0.15) is 18.4 Å². The fraction of sp³-hybridized carbons (Fsp3) is 0.565. The highest BCUT2D eigenvalue weighted by Gasteiger charge is 2.71. The number of nitrogens with zero attached hydrogens (tertiary/aromatic N) is 3. The van der Waals surface area contributed by atoms with Crippen molar-refractivity contribution in [2.75, 3.05) is 24.5 Å². The lowest BCUT2D eigenvalue weighted by atomic mass is 9.79. The van der Waals surface area contributed by atoms with Crippen LogP contribution in [0.5, 0.6) is 0 Å². The molecule has 4 unspecified atom stereocenters. The van der Waals surface area contributed by atoms with Gasteiger partial charge in [0, 0.05) is 19.5 Å². The van der Waals surface area contributed by atoms with E-state index in [4.69, 9.17) is 15.1 Å². The second-order valence-corrected chi connectivity index (χ2v) is 9.60. The molecule has 8 nitrogen and oxygen atoms in total. The molecule has 2 bridgehead atoms. The summed E-state index contributed by atoms with van der Waals surface area (Å²) in [6.45, 7) is 4.72. The quantitative estimate of drug-likeness (QED) is 0.493. The number of imide groups is 1. The predicted octanol–water partition coefficient (Wildman–Crippen LogP) is 2.80. The van der Waals surface area contributed by atoms with E-state index < -0.39 is 58.1 Å². The monoisotopic (exact) mass is 479 g/mol. The molecule has 0 aliphatic carbocycles. The first-order chi connectivity index (χ1) is 15.8. The standard InChI is InChI=1S/C23H24F3N3O5/c1-21-11-28(8-4-3-5-16(30)31)12-22(2,34-21)18-17(21)19(32)29(20(18)33)14-7-6-13(10-27)15(9-14)23(24,25)26/h6-7,9,17-18H,3-5,8,11-12H2,1-2H3,(H,30,31). The Morgan fingerprint density at radius 1 is 1.18 bits per heavy atom. The molecule has 3 aliphatic rings. The Bertz CT molecular complexity index is 1060. The maximum Gasteiger partial charge on any atom is 0.417 e. The van der Waals surface area contributed by atoms with Crippen molar-refractivity contribution in [2.45, 2.75) is 50.5 Å². The molecule has 3 heterocycles. The number of carboxylic acids is 1. The maximum atomic E-state index is 13.5. The van der Waals surface area contributed by atoms with Crippen molar-refractivity contribution < 1.29 is 37.4 Å². The second kappa shape index (κ2) is 8.06. The molecule has 1 aromatic rings. The van der Waals surface area contributed by atoms with Crippen molar-refractivity contribution >= 4 is 23.5 Å². The van der Waals surface area contributed by atoms with E-state index in [0.29, 0.717) is 38.5 Å². The summed E-state index contributed by atoms with van der Waals surface area (Å²) in [6.07, 6.45) is -3.63. The summed E-state index contributed by atoms with van der Waals surface area (Å²) in [7, 11) is 0. The molecule has 3 saturated heterocycles. The topological polar surface area (TPSA) is 111 Å². The SMILES string of the molecule is CC12CN(CCCCC(=O)O)CC(C)(O1)C1C(=O)N(c3ccc(C#N)c(C(F)(F)F)c3)C(=O)C12. The zero-order chi connectivity index (χ0) is 25.1. The van der Waals surface area contributed by atoms with E-state index in [1.807, 2.05) is 0 Å². The number of aliphatic carboxylic acids is 1. The van der Waals surface area contributed by atoms with Crippen LogP contribution < -0.4 is 4.90 Å². The number of rotatable bonds is 6. The van der Waals surface area contributed by atoms with Crippen LogP contribution >= 0.6 is 0 Å². The summed E-state index contributed by atoms with van der Waals surface area (Å²) in [4.78, 5) is 40.5. The fourth-order valence-corrected chi connectivity index (χ4v) is 5.79. The number of halogens is 3. The number of carbonyl (C=O) groups excluding carboxylic acids is 2. The van der Waals surface area contributed by atoms with E-state index in [0.717, 1.165) is 11.0 Å². The number of ether oxygens (including phenoxy) is 1. The van der Waals surface area contributed by atoms with E-state index in [2.05, 4.69) is 4.90 Å². The minimum atomic E-state index is -4.82. The third-order valence-corrected chi connectivity index (χ3v) is 6.97. The summed E-state index contributed by atoms with van der Waals surface area (Å²) in [5.74, 6) is -3.83. The number of hydrogen-bond donors (Lipinski definition) is 1. The molecular formula is C23H24F3N3O5. The van der Waals surface area contributed by atoms with Gasteiger partial charge in [0.25, 0.3) is 0 Å². The largest absolute Gasteiger partial charge is 0.481 e. The maximum absolute atomic E-state index is 13.5. The number of hydrogen-bond acceptors (Lipinski definition) is 6. The van der Waals surface area contributed by atoms with Gasteiger partial charge in [-0.1, -0.05) is 0 Å². The summed E-state index contributed by atoms with van der Waals surface area (Å²) < 4.78 is 46.6. The molecule has 3 fully saturated rings. The average molecular weight is 479 g/mol. The van der Waals surface area contributed by atoms with Crippen molar-refractivity contribution in [3.63, 3.8) is 0 Å². The Hall–Kier alpha value is -2.97. The highest BCUT2D eigenvalue weighted by atomic mass is 19.4. The van der Waals surface area contributed by atoms with Crippen LogP contribution in [-0.2, 0) is 25.3 Å². The normalized spacial score (nSPS) is 31.0. The van der Waals surface area contributed by atoms with Crippen LogP contribution in [0.15, 0.2) is 18.2 Å². The molecule has 0 saturated carbocycles. The zero-order valence-corrected chi connectivity index (χ0v) is 18.7. The van der Waals surface area contributed by atoms with Crippen molar-refractivity contribution in [2.24, 2.45) is 11.8 Å². The predicted molar refractivity (Wildman–Crippen MR) is 111 cm³/mol. The van der Waals surface area contributed by atoms with Gasteiger partial charge in [-0.3, -0.25) is 19.3 Å². The van der Waals surface area contributed by atoms with Gasteiger partial charge in [0.05, 0.1) is 45.9 Å². The lowest BCUT2D eigenvalue weighted by Crippen LogP contribution is -2.58. The van der Waals surface area contributed by atoms with Crippen LogP contribution in [0.1, 0.15) is 44.2 Å². The Morgan fingerprint density at radius 2 is 1.76 bits per heavy atom. The van der Waals surface area contributed by atoms with Crippen LogP contribution in [0.2, 0.25) is 0 Å². The van der Waals surface area contributed by atoms with Crippen LogP contribution in [0.4, 0.5) is 18.9 Å². The van der Waals surface area contributed by atoms with Crippen LogP contribution in [-0.4, -0.2) is 58.6 Å². The Kier molecular flexibility index (Phi) is 5.73. The Morgan fingerprint density at radius 3 is 2.26 bits per heavy atom. The van der Waals surface area contributed by atoms with Gasteiger partial charge in [0.15, 0.2) is 0 Å². The molecule has 11 heteroatoms. The molecule has 4 atom stereocenters. The molecule has 34 heavy (non-hydrogen) atoms. The number of alkyl halides is 3. The lowest BCUT2D eigenvalue weighted by Gasteiger charge is -2.45. The molecule has 0 radical (unpaired) electrons. The summed E-state index contributed by atoms with van der Waals surface area (Å²) in [6, 6.07) is 4.31. The number of carbonyl (C=O) groups is 3. The van der Waals surface area contributed by atoms with E-state index in [-0.39, 0.29) is 12.1 Å². The number of unbranched alkanes of at least 4 members (excludes halogenated alkanes) is 1. The highest BCUT2D eigenvalue weighted by molar-refractivity contribution is 6.23. The smallest absolute Gasteiger partial charge is 0.417 e. The van der Waals surface area contributed by atoms with E-state index in [9.17, 15) is 27.6 Å². The molecule has 0 spiro atoms. The molecule has 3 aliphatic heterocycles. The lowest BCUT2D eigenvalue weighted by molar-refractivity contribution is -0.169. The third-order valence-electron chi connectivity index (χ3n) is 6.97. The minimum Gasteiger partial charge on any atom is -0.481 e. The summed E-state index contributed by atoms with van der Waals surface area (Å²) in [5.41, 5.74) is -4.05.